The molecule has 0 aromatic heterocycles. The molecule has 0 spiro atoms. The van der Waals surface area contributed by atoms with Crippen LogP contribution in [0.15, 0.2) is 24.3 Å². The topological polar surface area (TPSA) is 95.9 Å². The molecule has 0 aliphatic carbocycles. The summed E-state index contributed by atoms with van der Waals surface area (Å²) in [6.07, 6.45) is -0.702. The molecule has 2 rings (SSSR count). The van der Waals surface area contributed by atoms with E-state index in [0.29, 0.717) is 5.56 Å². The van der Waals surface area contributed by atoms with Crippen molar-refractivity contribution in [1.29, 1.82) is 0 Å². The van der Waals surface area contributed by atoms with Crippen molar-refractivity contribution in [3.63, 3.8) is 0 Å². The number of nitrogens with one attached hydrogen (secondary N) is 1. The number of carbonyl (C=O) groups excluding carboxylic acids is 1. The van der Waals surface area contributed by atoms with Crippen LogP contribution in [0.25, 0.3) is 0 Å². The standard InChI is InChI=1S/C12H13NO5/c14-10-6-18-5-9(10)13-11(15)7-1-3-8(4-2-7)12(16)17/h1-4,9-10,14H,5-6H2,(H,13,15)(H,16,17)/t9-,10-/m1/s1. The van der Waals surface area contributed by atoms with Crippen LogP contribution < -0.4 is 5.32 Å². The average molecular weight is 251 g/mol. The van der Waals surface area contributed by atoms with Gasteiger partial charge < -0.3 is 20.3 Å². The molecule has 0 saturated carbocycles. The number of carboxylic acid groups (broad SMARTS) is 1. The van der Waals surface area contributed by atoms with Crippen molar-refractivity contribution >= 4 is 11.9 Å². The number of aromatic carboxylic acids is 1. The molecule has 6 heteroatoms. The van der Waals surface area contributed by atoms with Crippen molar-refractivity contribution in [3.05, 3.63) is 35.4 Å². The Morgan fingerprint density at radius 2 is 1.78 bits per heavy atom. The van der Waals surface area contributed by atoms with Crippen LogP contribution in [-0.2, 0) is 4.74 Å². The monoisotopic (exact) mass is 251 g/mol. The SMILES string of the molecule is O=C(O)c1ccc(C(=O)N[C@@H]2COC[C@H]2O)cc1. The molecule has 0 unspecified atom stereocenters. The first-order chi connectivity index (χ1) is 8.58. The van der Waals surface area contributed by atoms with Gasteiger partial charge >= 0.3 is 5.97 Å². The molecule has 6 nitrogen and oxygen atoms in total. The minimum Gasteiger partial charge on any atom is -0.478 e. The second-order valence-corrected chi connectivity index (χ2v) is 4.07. The number of benzene rings is 1. The summed E-state index contributed by atoms with van der Waals surface area (Å²) in [5.74, 6) is -1.40. The lowest BCUT2D eigenvalue weighted by Crippen LogP contribution is -2.42. The summed E-state index contributed by atoms with van der Waals surface area (Å²) in [5, 5.41) is 20.8. The molecule has 3 N–H and O–H groups in total. The van der Waals surface area contributed by atoms with E-state index in [1.807, 2.05) is 0 Å². The van der Waals surface area contributed by atoms with Gasteiger partial charge in [-0.3, -0.25) is 4.79 Å². The van der Waals surface area contributed by atoms with Crippen molar-refractivity contribution < 1.29 is 24.5 Å². The summed E-state index contributed by atoms with van der Waals surface area (Å²) in [4.78, 5) is 22.5. The molecule has 96 valence electrons. The Labute approximate surface area is 103 Å². The maximum atomic E-state index is 11.8. The molecule has 0 radical (unpaired) electrons. The summed E-state index contributed by atoms with van der Waals surface area (Å²) in [6, 6.07) is 5.16. The highest BCUT2D eigenvalue weighted by Gasteiger charge is 2.27. The summed E-state index contributed by atoms with van der Waals surface area (Å²) < 4.78 is 5.01. The molecule has 1 aliphatic rings. The Morgan fingerprint density at radius 1 is 1.17 bits per heavy atom. The molecule has 1 fully saturated rings. The van der Waals surface area contributed by atoms with E-state index in [2.05, 4.69) is 5.32 Å². The van der Waals surface area contributed by atoms with Gasteiger partial charge in [0, 0.05) is 5.56 Å². The lowest BCUT2D eigenvalue weighted by molar-refractivity contribution is 0.0696. The zero-order valence-corrected chi connectivity index (χ0v) is 9.50. The lowest BCUT2D eigenvalue weighted by Gasteiger charge is -2.14. The van der Waals surface area contributed by atoms with Gasteiger partial charge in [-0.05, 0) is 24.3 Å². The van der Waals surface area contributed by atoms with Crippen molar-refractivity contribution in [2.75, 3.05) is 13.2 Å². The third-order valence-electron chi connectivity index (χ3n) is 2.76. The number of amides is 1. The molecule has 1 aromatic carbocycles. The Kier molecular flexibility index (Phi) is 3.59. The highest BCUT2D eigenvalue weighted by molar-refractivity contribution is 5.96. The van der Waals surface area contributed by atoms with Crippen LogP contribution in [0.3, 0.4) is 0 Å². The Bertz CT molecular complexity index is 456. The summed E-state index contributed by atoms with van der Waals surface area (Å²) >= 11 is 0. The fourth-order valence-corrected chi connectivity index (χ4v) is 1.70. The number of aliphatic hydroxyl groups excluding tert-OH is 1. The molecule has 1 heterocycles. The predicted molar refractivity (Wildman–Crippen MR) is 61.5 cm³/mol. The van der Waals surface area contributed by atoms with Gasteiger partial charge in [0.2, 0.25) is 0 Å². The largest absolute Gasteiger partial charge is 0.478 e. The van der Waals surface area contributed by atoms with Crippen LogP contribution in [0.4, 0.5) is 0 Å². The number of aliphatic hydroxyl groups is 1. The molecule has 1 aromatic rings. The zero-order valence-electron chi connectivity index (χ0n) is 9.50. The quantitative estimate of drug-likeness (QED) is 0.695. The summed E-state index contributed by atoms with van der Waals surface area (Å²) in [6.45, 7) is 0.489. The fraction of sp³-hybridized carbons (Fsp3) is 0.333. The number of carboxylic acids is 1. The van der Waals surface area contributed by atoms with E-state index in [0.717, 1.165) is 0 Å². The zero-order chi connectivity index (χ0) is 13.1. The smallest absolute Gasteiger partial charge is 0.335 e. The van der Waals surface area contributed by atoms with Crippen LogP contribution in [-0.4, -0.2) is 47.4 Å². The first-order valence-electron chi connectivity index (χ1n) is 5.48. The number of hydrogen-bond acceptors (Lipinski definition) is 4. The van der Waals surface area contributed by atoms with E-state index in [4.69, 9.17) is 9.84 Å². The third kappa shape index (κ3) is 2.66. The Hall–Kier alpha value is -1.92. The molecular weight excluding hydrogens is 238 g/mol. The molecule has 18 heavy (non-hydrogen) atoms. The van der Waals surface area contributed by atoms with E-state index in [1.54, 1.807) is 0 Å². The minimum atomic E-state index is -1.04. The molecule has 2 atom stereocenters. The highest BCUT2D eigenvalue weighted by atomic mass is 16.5. The van der Waals surface area contributed by atoms with Crippen LogP contribution in [0.2, 0.25) is 0 Å². The normalized spacial score (nSPS) is 22.7. The summed E-state index contributed by atoms with van der Waals surface area (Å²) in [5.41, 5.74) is 0.467. The lowest BCUT2D eigenvalue weighted by atomic mass is 10.1. The van der Waals surface area contributed by atoms with E-state index < -0.39 is 18.1 Å². The van der Waals surface area contributed by atoms with Crippen molar-refractivity contribution in [2.45, 2.75) is 12.1 Å². The van der Waals surface area contributed by atoms with Gasteiger partial charge in [0.25, 0.3) is 5.91 Å². The van der Waals surface area contributed by atoms with Gasteiger partial charge in [-0.1, -0.05) is 0 Å². The van der Waals surface area contributed by atoms with Crippen LogP contribution >= 0.6 is 0 Å². The van der Waals surface area contributed by atoms with Gasteiger partial charge in [-0.2, -0.15) is 0 Å². The third-order valence-corrected chi connectivity index (χ3v) is 2.76. The van der Waals surface area contributed by atoms with Crippen LogP contribution in [0, 0.1) is 0 Å². The van der Waals surface area contributed by atoms with Crippen molar-refractivity contribution in [1.82, 2.24) is 5.32 Å². The first-order valence-corrected chi connectivity index (χ1v) is 5.48. The highest BCUT2D eigenvalue weighted by Crippen LogP contribution is 2.08. The number of ether oxygens (including phenoxy) is 1. The molecule has 1 amide bonds. The second kappa shape index (κ2) is 5.16. The first kappa shape index (κ1) is 12.5. The minimum absolute atomic E-state index is 0.121. The predicted octanol–water partition coefficient (Wildman–Crippen LogP) is -0.126. The van der Waals surface area contributed by atoms with Crippen LogP contribution in [0.1, 0.15) is 20.7 Å². The average Bonchev–Trinajstić information content (AvgIpc) is 2.75. The molecule has 0 bridgehead atoms. The van der Waals surface area contributed by atoms with Gasteiger partial charge in [0.15, 0.2) is 0 Å². The van der Waals surface area contributed by atoms with E-state index in [1.165, 1.54) is 24.3 Å². The fourth-order valence-electron chi connectivity index (χ4n) is 1.70. The maximum Gasteiger partial charge on any atom is 0.335 e. The van der Waals surface area contributed by atoms with Gasteiger partial charge in [0.05, 0.1) is 30.9 Å². The molecule has 1 saturated heterocycles. The summed E-state index contributed by atoms with van der Waals surface area (Å²) in [7, 11) is 0. The van der Waals surface area contributed by atoms with Gasteiger partial charge in [-0.25, -0.2) is 4.79 Å². The van der Waals surface area contributed by atoms with Gasteiger partial charge in [-0.15, -0.1) is 0 Å². The number of carbonyl (C=O) groups is 2. The van der Waals surface area contributed by atoms with E-state index in [9.17, 15) is 14.7 Å². The van der Waals surface area contributed by atoms with Crippen molar-refractivity contribution in [2.24, 2.45) is 0 Å². The maximum absolute atomic E-state index is 11.8. The second-order valence-electron chi connectivity index (χ2n) is 4.07. The Balaban J connectivity index is 2.02. The number of hydrogen-bond donors (Lipinski definition) is 3. The van der Waals surface area contributed by atoms with E-state index >= 15 is 0 Å². The number of rotatable bonds is 3. The van der Waals surface area contributed by atoms with Crippen LogP contribution in [0.5, 0.6) is 0 Å². The molecular formula is C12H13NO5. The van der Waals surface area contributed by atoms with E-state index in [-0.39, 0.29) is 24.7 Å². The van der Waals surface area contributed by atoms with Gasteiger partial charge in [0.1, 0.15) is 0 Å². The van der Waals surface area contributed by atoms with Crippen molar-refractivity contribution in [3.8, 4) is 0 Å². The Morgan fingerprint density at radius 3 is 2.28 bits per heavy atom. The molecule has 1 aliphatic heterocycles.